The fourth-order valence-corrected chi connectivity index (χ4v) is 4.50. The zero-order chi connectivity index (χ0) is 26.6. The Morgan fingerprint density at radius 1 is 0.778 bits per heavy atom. The third-order valence-corrected chi connectivity index (χ3v) is 6.29. The van der Waals surface area contributed by atoms with Crippen molar-refractivity contribution in [3.05, 3.63) is 70.8 Å². The summed E-state index contributed by atoms with van der Waals surface area (Å²) in [5, 5.41) is 0. The van der Waals surface area contributed by atoms with Crippen molar-refractivity contribution in [2.75, 3.05) is 27.3 Å². The van der Waals surface area contributed by atoms with Gasteiger partial charge in [-0.2, -0.15) is 0 Å². The molecule has 2 aromatic carbocycles. The molecule has 0 unspecified atom stereocenters. The zero-order valence-corrected chi connectivity index (χ0v) is 22.1. The molecule has 0 aromatic heterocycles. The van der Waals surface area contributed by atoms with E-state index in [-0.39, 0.29) is 24.2 Å². The fourth-order valence-electron chi connectivity index (χ4n) is 4.50. The number of carbonyl (C=O) groups excluding carboxylic acids is 3. The highest BCUT2D eigenvalue weighted by Gasteiger charge is 2.38. The Morgan fingerprint density at radius 2 is 1.22 bits per heavy atom. The molecule has 0 aliphatic carbocycles. The zero-order valence-electron chi connectivity index (χ0n) is 22.1. The summed E-state index contributed by atoms with van der Waals surface area (Å²) in [5.74, 6) is -0.790. The maximum Gasteiger partial charge on any atom is 0.410 e. The first kappa shape index (κ1) is 27.2. The number of carbonyl (C=O) groups is 3. The number of piperazine rings is 1. The van der Waals surface area contributed by atoms with Crippen LogP contribution in [0.15, 0.2) is 48.5 Å². The van der Waals surface area contributed by atoms with E-state index in [1.807, 2.05) is 52.0 Å². The molecule has 0 spiro atoms. The lowest BCUT2D eigenvalue weighted by Crippen LogP contribution is -2.59. The molecule has 1 fully saturated rings. The lowest BCUT2D eigenvalue weighted by Gasteiger charge is -2.47. The molecule has 194 valence electrons. The van der Waals surface area contributed by atoms with Crippen molar-refractivity contribution in [2.24, 2.45) is 0 Å². The molecule has 8 nitrogen and oxygen atoms in total. The summed E-state index contributed by atoms with van der Waals surface area (Å²) < 4.78 is 15.3. The average molecular weight is 497 g/mol. The Labute approximate surface area is 213 Å². The maximum atomic E-state index is 12.8. The van der Waals surface area contributed by atoms with Gasteiger partial charge in [0.1, 0.15) is 5.60 Å². The molecule has 2 atom stereocenters. The van der Waals surface area contributed by atoms with E-state index in [2.05, 4.69) is 11.8 Å². The monoisotopic (exact) mass is 496 g/mol. The molecule has 2 aromatic rings. The summed E-state index contributed by atoms with van der Waals surface area (Å²) >= 11 is 0. The third-order valence-electron chi connectivity index (χ3n) is 6.29. The van der Waals surface area contributed by atoms with Crippen LogP contribution in [0.5, 0.6) is 0 Å². The van der Waals surface area contributed by atoms with Crippen molar-refractivity contribution in [1.82, 2.24) is 9.80 Å². The highest BCUT2D eigenvalue weighted by Crippen LogP contribution is 2.34. The standard InChI is InChI=1S/C28H36N2O6/c1-18-17-30(27(33)36-28(3,4)5)19(2)16-29(18)24(20-8-12-22(13-9-20)25(31)34-6)21-10-14-23(15-11-21)26(32)35-7/h8-15,18-19,24H,16-17H2,1-7H3/t18-,19+/m1/s1. The largest absolute Gasteiger partial charge is 0.465 e. The van der Waals surface area contributed by atoms with Gasteiger partial charge in [0.25, 0.3) is 0 Å². The van der Waals surface area contributed by atoms with E-state index in [4.69, 9.17) is 14.2 Å². The highest BCUT2D eigenvalue weighted by atomic mass is 16.6. The van der Waals surface area contributed by atoms with Gasteiger partial charge in [0.15, 0.2) is 0 Å². The Balaban J connectivity index is 1.96. The van der Waals surface area contributed by atoms with Crippen molar-refractivity contribution in [3.8, 4) is 0 Å². The summed E-state index contributed by atoms with van der Waals surface area (Å²) in [6, 6.07) is 14.5. The predicted octanol–water partition coefficient (Wildman–Crippen LogP) is 4.68. The van der Waals surface area contributed by atoms with E-state index < -0.39 is 17.5 Å². The predicted molar refractivity (Wildman–Crippen MR) is 136 cm³/mol. The van der Waals surface area contributed by atoms with Crippen LogP contribution in [-0.2, 0) is 14.2 Å². The second-order valence-corrected chi connectivity index (χ2v) is 10.2. The summed E-state index contributed by atoms with van der Waals surface area (Å²) in [6.45, 7) is 10.8. The van der Waals surface area contributed by atoms with Crippen molar-refractivity contribution >= 4 is 18.0 Å². The Bertz CT molecular complexity index is 1020. The number of hydrogen-bond acceptors (Lipinski definition) is 7. The van der Waals surface area contributed by atoms with Crippen LogP contribution in [0, 0.1) is 0 Å². The molecule has 0 radical (unpaired) electrons. The van der Waals surface area contributed by atoms with Gasteiger partial charge in [-0.05, 0) is 70.0 Å². The first-order valence-electron chi connectivity index (χ1n) is 12.1. The second-order valence-electron chi connectivity index (χ2n) is 10.2. The lowest BCUT2D eigenvalue weighted by atomic mass is 9.92. The molecule has 1 aliphatic rings. The number of esters is 2. The number of benzene rings is 2. The highest BCUT2D eigenvalue weighted by molar-refractivity contribution is 5.89. The number of hydrogen-bond donors (Lipinski definition) is 0. The summed E-state index contributed by atoms with van der Waals surface area (Å²) in [6.07, 6.45) is -0.317. The van der Waals surface area contributed by atoms with Gasteiger partial charge in [-0.25, -0.2) is 14.4 Å². The number of ether oxygens (including phenoxy) is 3. The van der Waals surface area contributed by atoms with Crippen molar-refractivity contribution in [1.29, 1.82) is 0 Å². The van der Waals surface area contributed by atoms with Gasteiger partial charge >= 0.3 is 18.0 Å². The van der Waals surface area contributed by atoms with Crippen molar-refractivity contribution in [3.63, 3.8) is 0 Å². The SMILES string of the molecule is COC(=O)c1ccc(C(c2ccc(C(=O)OC)cc2)N2C[C@H](C)N(C(=O)OC(C)(C)C)C[C@H]2C)cc1. The number of amides is 1. The summed E-state index contributed by atoms with van der Waals surface area (Å²) in [5.41, 5.74) is 2.34. The van der Waals surface area contributed by atoms with Crippen LogP contribution in [0.2, 0.25) is 0 Å². The molecule has 1 amide bonds. The first-order chi connectivity index (χ1) is 16.9. The van der Waals surface area contributed by atoms with Crippen molar-refractivity contribution < 1.29 is 28.6 Å². The number of rotatable bonds is 5. The molecule has 8 heteroatoms. The summed E-state index contributed by atoms with van der Waals surface area (Å²) in [7, 11) is 2.71. The Kier molecular flexibility index (Phi) is 8.40. The maximum absolute atomic E-state index is 12.8. The molecule has 0 N–H and O–H groups in total. The lowest BCUT2D eigenvalue weighted by molar-refractivity contribution is -0.0163. The van der Waals surface area contributed by atoms with E-state index >= 15 is 0 Å². The van der Waals surface area contributed by atoms with Crippen LogP contribution in [0.3, 0.4) is 0 Å². The average Bonchev–Trinajstić information content (AvgIpc) is 2.84. The molecule has 3 rings (SSSR count). The van der Waals surface area contributed by atoms with E-state index in [9.17, 15) is 14.4 Å². The van der Waals surface area contributed by atoms with Crippen LogP contribution in [0.25, 0.3) is 0 Å². The molecule has 36 heavy (non-hydrogen) atoms. The molecule has 0 bridgehead atoms. The van der Waals surface area contributed by atoms with Gasteiger partial charge < -0.3 is 19.1 Å². The smallest absolute Gasteiger partial charge is 0.410 e. The molecule has 1 saturated heterocycles. The van der Waals surface area contributed by atoms with E-state index in [0.717, 1.165) is 11.1 Å². The van der Waals surface area contributed by atoms with Gasteiger partial charge in [0.05, 0.1) is 31.4 Å². The van der Waals surface area contributed by atoms with E-state index in [1.54, 1.807) is 29.2 Å². The minimum Gasteiger partial charge on any atom is -0.465 e. The number of methoxy groups -OCH3 is 2. The molecular weight excluding hydrogens is 460 g/mol. The first-order valence-corrected chi connectivity index (χ1v) is 12.1. The van der Waals surface area contributed by atoms with Crippen LogP contribution >= 0.6 is 0 Å². The van der Waals surface area contributed by atoms with Gasteiger partial charge in [-0.15, -0.1) is 0 Å². The molecule has 1 heterocycles. The normalized spacial score (nSPS) is 18.6. The minimum atomic E-state index is -0.567. The second kappa shape index (κ2) is 11.1. The Morgan fingerprint density at radius 3 is 1.61 bits per heavy atom. The minimum absolute atomic E-state index is 0.0132. The topological polar surface area (TPSA) is 85.4 Å². The van der Waals surface area contributed by atoms with Gasteiger partial charge in [-0.1, -0.05) is 24.3 Å². The van der Waals surface area contributed by atoms with Gasteiger partial charge in [-0.3, -0.25) is 4.90 Å². The quantitative estimate of drug-likeness (QED) is 0.439. The molecular formula is C28H36N2O6. The van der Waals surface area contributed by atoms with Crippen LogP contribution in [0.4, 0.5) is 4.79 Å². The van der Waals surface area contributed by atoms with Gasteiger partial charge in [0, 0.05) is 25.2 Å². The Hall–Kier alpha value is -3.39. The summed E-state index contributed by atoms with van der Waals surface area (Å²) in [4.78, 5) is 40.9. The van der Waals surface area contributed by atoms with Gasteiger partial charge in [0.2, 0.25) is 0 Å². The third kappa shape index (κ3) is 6.23. The fraction of sp³-hybridized carbons (Fsp3) is 0.464. The van der Waals surface area contributed by atoms with E-state index in [1.165, 1.54) is 14.2 Å². The van der Waals surface area contributed by atoms with E-state index in [0.29, 0.717) is 24.2 Å². The van der Waals surface area contributed by atoms with Crippen LogP contribution < -0.4 is 0 Å². The number of nitrogens with zero attached hydrogens (tertiary/aromatic N) is 2. The van der Waals surface area contributed by atoms with Crippen LogP contribution in [-0.4, -0.2) is 72.8 Å². The molecule has 0 saturated carbocycles. The van der Waals surface area contributed by atoms with Crippen LogP contribution in [0.1, 0.15) is 72.5 Å². The van der Waals surface area contributed by atoms with Crippen molar-refractivity contribution in [2.45, 2.75) is 58.3 Å². The molecule has 1 aliphatic heterocycles.